The number of urea groups is 1. The first-order chi connectivity index (χ1) is 11.6. The van der Waals surface area contributed by atoms with Crippen molar-refractivity contribution in [2.24, 2.45) is 7.05 Å². The molecule has 6 nitrogen and oxygen atoms in total. The molecule has 2 heterocycles. The van der Waals surface area contributed by atoms with Crippen LogP contribution < -0.4 is 5.48 Å². The Hall–Kier alpha value is -2.34. The summed E-state index contributed by atoms with van der Waals surface area (Å²) in [4.78, 5) is 19.7. The van der Waals surface area contributed by atoms with Crippen molar-refractivity contribution in [2.75, 3.05) is 6.54 Å². The summed E-state index contributed by atoms with van der Waals surface area (Å²) in [6, 6.07) is 9.67. The predicted molar refractivity (Wildman–Crippen MR) is 91.1 cm³/mol. The van der Waals surface area contributed by atoms with Gasteiger partial charge in [0, 0.05) is 24.8 Å². The molecule has 128 valence electrons. The van der Waals surface area contributed by atoms with E-state index in [1.807, 2.05) is 53.9 Å². The van der Waals surface area contributed by atoms with Gasteiger partial charge in [0.05, 0.1) is 18.3 Å². The van der Waals surface area contributed by atoms with Crippen LogP contribution in [0.4, 0.5) is 4.79 Å². The lowest BCUT2D eigenvalue weighted by Crippen LogP contribution is -2.39. The van der Waals surface area contributed by atoms with Crippen LogP contribution in [0.5, 0.6) is 0 Å². The van der Waals surface area contributed by atoms with Crippen molar-refractivity contribution in [1.82, 2.24) is 20.2 Å². The Labute approximate surface area is 142 Å². The average molecular weight is 328 g/mol. The van der Waals surface area contributed by atoms with E-state index in [2.05, 4.69) is 17.5 Å². The normalized spacial score (nSPS) is 17.3. The Balaban J connectivity index is 1.63. The minimum Gasteiger partial charge on any atom is -0.316 e. The van der Waals surface area contributed by atoms with Gasteiger partial charge in [-0.2, -0.15) is 5.10 Å². The molecule has 1 aromatic carbocycles. The summed E-state index contributed by atoms with van der Waals surface area (Å²) in [6.07, 6.45) is 1.95. The molecule has 0 bridgehead atoms. The van der Waals surface area contributed by atoms with Crippen LogP contribution in [0.3, 0.4) is 0 Å². The number of nitrogens with one attached hydrogen (secondary N) is 1. The molecule has 1 atom stereocenters. The topological polar surface area (TPSA) is 59.4 Å². The molecular formula is C18H24N4O2. The van der Waals surface area contributed by atoms with Gasteiger partial charge in [-0.25, -0.2) is 10.3 Å². The lowest BCUT2D eigenvalue weighted by molar-refractivity contribution is 0.0351. The third-order valence-corrected chi connectivity index (χ3v) is 4.65. The summed E-state index contributed by atoms with van der Waals surface area (Å²) in [7, 11) is 1.94. The maximum Gasteiger partial charge on any atom is 0.341 e. The van der Waals surface area contributed by atoms with Gasteiger partial charge in [0.1, 0.15) is 0 Å². The average Bonchev–Trinajstić information content (AvgIpc) is 3.13. The van der Waals surface area contributed by atoms with Gasteiger partial charge < -0.3 is 4.90 Å². The van der Waals surface area contributed by atoms with Crippen LogP contribution in [-0.4, -0.2) is 27.3 Å². The molecule has 2 aromatic rings. The number of aromatic nitrogens is 2. The molecule has 2 amide bonds. The number of nitrogens with zero attached hydrogens (tertiary/aromatic N) is 3. The number of hydroxylamine groups is 1. The van der Waals surface area contributed by atoms with Crippen LogP contribution in [-0.2, 0) is 18.5 Å². The standard InChI is InChI=1S/C18H24N4O2/c1-13-17(14(2)21(3)19-13)16-10-7-11-22(16)18(23)20-24-12-15-8-5-4-6-9-15/h4-6,8-9,16H,7,10-12H2,1-3H3,(H,20,23)/t16-/m0/s1. The Morgan fingerprint density at radius 1 is 1.33 bits per heavy atom. The third-order valence-electron chi connectivity index (χ3n) is 4.65. The highest BCUT2D eigenvalue weighted by molar-refractivity contribution is 5.74. The summed E-state index contributed by atoms with van der Waals surface area (Å²) >= 11 is 0. The molecule has 3 rings (SSSR count). The monoisotopic (exact) mass is 328 g/mol. The van der Waals surface area contributed by atoms with Crippen LogP contribution in [0.1, 0.15) is 41.4 Å². The molecule has 1 saturated heterocycles. The van der Waals surface area contributed by atoms with Gasteiger partial charge >= 0.3 is 6.03 Å². The van der Waals surface area contributed by atoms with E-state index in [1.165, 1.54) is 0 Å². The van der Waals surface area contributed by atoms with E-state index >= 15 is 0 Å². The summed E-state index contributed by atoms with van der Waals surface area (Å²) in [5.74, 6) is 0. The summed E-state index contributed by atoms with van der Waals surface area (Å²) < 4.78 is 1.88. The van der Waals surface area contributed by atoms with Crippen LogP contribution in [0.15, 0.2) is 30.3 Å². The Bertz CT molecular complexity index is 711. The quantitative estimate of drug-likeness (QED) is 0.878. The molecule has 1 aromatic heterocycles. The molecule has 1 aliphatic rings. The largest absolute Gasteiger partial charge is 0.341 e. The highest BCUT2D eigenvalue weighted by Crippen LogP contribution is 2.35. The molecule has 6 heteroatoms. The van der Waals surface area contributed by atoms with Gasteiger partial charge in [-0.3, -0.25) is 9.52 Å². The minimum absolute atomic E-state index is 0.0685. The number of carbonyl (C=O) groups is 1. The Kier molecular flexibility index (Phi) is 4.85. The van der Waals surface area contributed by atoms with Crippen LogP contribution in [0.25, 0.3) is 0 Å². The van der Waals surface area contributed by atoms with E-state index in [0.717, 1.165) is 41.9 Å². The van der Waals surface area contributed by atoms with E-state index in [1.54, 1.807) is 0 Å². The summed E-state index contributed by atoms with van der Waals surface area (Å²) in [6.45, 7) is 5.15. The van der Waals surface area contributed by atoms with Crippen molar-refractivity contribution in [1.29, 1.82) is 0 Å². The van der Waals surface area contributed by atoms with Gasteiger partial charge in [-0.1, -0.05) is 30.3 Å². The zero-order chi connectivity index (χ0) is 17.1. The fourth-order valence-electron chi connectivity index (χ4n) is 3.40. The number of likely N-dealkylation sites (tertiary alicyclic amines) is 1. The van der Waals surface area contributed by atoms with Gasteiger partial charge in [0.15, 0.2) is 0 Å². The summed E-state index contributed by atoms with van der Waals surface area (Å²) in [5.41, 5.74) is 6.87. The van der Waals surface area contributed by atoms with Gasteiger partial charge in [0.2, 0.25) is 0 Å². The molecule has 1 aliphatic heterocycles. The lowest BCUT2D eigenvalue weighted by Gasteiger charge is -2.25. The number of rotatable bonds is 4. The molecule has 0 unspecified atom stereocenters. The molecule has 24 heavy (non-hydrogen) atoms. The van der Waals surface area contributed by atoms with E-state index < -0.39 is 0 Å². The fourth-order valence-corrected chi connectivity index (χ4v) is 3.40. The predicted octanol–water partition coefficient (Wildman–Crippen LogP) is 3.02. The van der Waals surface area contributed by atoms with Crippen molar-refractivity contribution in [2.45, 2.75) is 39.3 Å². The SMILES string of the molecule is Cc1nn(C)c(C)c1[C@@H]1CCCN1C(=O)NOCc1ccccc1. The van der Waals surface area contributed by atoms with Crippen molar-refractivity contribution < 1.29 is 9.63 Å². The maximum absolute atomic E-state index is 12.5. The molecule has 0 saturated carbocycles. The number of amides is 2. The molecule has 0 spiro atoms. The number of aryl methyl sites for hydroxylation is 2. The van der Waals surface area contributed by atoms with Crippen molar-refractivity contribution >= 4 is 6.03 Å². The number of hydrogen-bond acceptors (Lipinski definition) is 3. The lowest BCUT2D eigenvalue weighted by atomic mass is 10.0. The zero-order valence-corrected chi connectivity index (χ0v) is 14.5. The van der Waals surface area contributed by atoms with Gasteiger partial charge in [-0.15, -0.1) is 0 Å². The highest BCUT2D eigenvalue weighted by Gasteiger charge is 2.33. The van der Waals surface area contributed by atoms with E-state index in [9.17, 15) is 4.79 Å². The maximum atomic E-state index is 12.5. The first-order valence-electron chi connectivity index (χ1n) is 8.30. The Morgan fingerprint density at radius 2 is 2.08 bits per heavy atom. The number of benzene rings is 1. The first kappa shape index (κ1) is 16.5. The molecular weight excluding hydrogens is 304 g/mol. The fraction of sp³-hybridized carbons (Fsp3) is 0.444. The van der Waals surface area contributed by atoms with Crippen LogP contribution in [0, 0.1) is 13.8 Å². The molecule has 1 fully saturated rings. The van der Waals surface area contributed by atoms with Gasteiger partial charge in [0.25, 0.3) is 0 Å². The third kappa shape index (κ3) is 3.28. The smallest absolute Gasteiger partial charge is 0.316 e. The molecule has 1 N–H and O–H groups in total. The summed E-state index contributed by atoms with van der Waals surface area (Å²) in [5, 5.41) is 4.48. The second kappa shape index (κ2) is 7.05. The number of carbonyl (C=O) groups excluding carboxylic acids is 1. The van der Waals surface area contributed by atoms with E-state index in [0.29, 0.717) is 6.61 Å². The first-order valence-corrected chi connectivity index (χ1v) is 8.30. The second-order valence-corrected chi connectivity index (χ2v) is 6.24. The minimum atomic E-state index is -0.184. The second-order valence-electron chi connectivity index (χ2n) is 6.24. The van der Waals surface area contributed by atoms with E-state index in [-0.39, 0.29) is 12.1 Å². The van der Waals surface area contributed by atoms with Crippen molar-refractivity contribution in [3.8, 4) is 0 Å². The highest BCUT2D eigenvalue weighted by atomic mass is 16.7. The van der Waals surface area contributed by atoms with Gasteiger partial charge in [-0.05, 0) is 32.3 Å². The Morgan fingerprint density at radius 3 is 2.75 bits per heavy atom. The zero-order valence-electron chi connectivity index (χ0n) is 14.5. The van der Waals surface area contributed by atoms with Crippen molar-refractivity contribution in [3.05, 3.63) is 52.8 Å². The van der Waals surface area contributed by atoms with Crippen LogP contribution >= 0.6 is 0 Å². The van der Waals surface area contributed by atoms with Crippen molar-refractivity contribution in [3.63, 3.8) is 0 Å². The number of hydrogen-bond donors (Lipinski definition) is 1. The molecule has 0 aliphatic carbocycles. The van der Waals surface area contributed by atoms with E-state index in [4.69, 9.17) is 4.84 Å². The van der Waals surface area contributed by atoms with Crippen LogP contribution in [0.2, 0.25) is 0 Å². The molecule has 0 radical (unpaired) electrons.